The molecule has 128 valence electrons. The zero-order valence-corrected chi connectivity index (χ0v) is 14.3. The van der Waals surface area contributed by atoms with Gasteiger partial charge in [0.2, 0.25) is 11.1 Å². The molecule has 0 radical (unpaired) electrons. The number of rotatable bonds is 3. The summed E-state index contributed by atoms with van der Waals surface area (Å²) in [5, 5.41) is 9.63. The molecule has 0 amide bonds. The molecular weight excluding hydrogens is 339 g/mol. The van der Waals surface area contributed by atoms with Gasteiger partial charge in [-0.2, -0.15) is 4.39 Å². The second-order valence-electron chi connectivity index (χ2n) is 5.98. The fourth-order valence-corrected chi connectivity index (χ4v) is 3.94. The van der Waals surface area contributed by atoms with Crippen molar-refractivity contribution in [3.8, 4) is 11.1 Å². The lowest BCUT2D eigenvalue weighted by atomic mass is 9.97. The minimum absolute atomic E-state index is 0.394. The van der Waals surface area contributed by atoms with Crippen LogP contribution in [0.25, 0.3) is 11.1 Å². The van der Waals surface area contributed by atoms with Gasteiger partial charge in [-0.3, -0.25) is 0 Å². The molecule has 0 spiro atoms. The molecule has 3 aromatic rings. The van der Waals surface area contributed by atoms with E-state index in [1.165, 1.54) is 17.4 Å². The lowest BCUT2D eigenvalue weighted by Gasteiger charge is -2.33. The van der Waals surface area contributed by atoms with Crippen LogP contribution in [0.3, 0.4) is 0 Å². The first-order valence-corrected chi connectivity index (χ1v) is 8.93. The maximum atomic E-state index is 13.1. The normalized spacial score (nSPS) is 15.5. The number of nitrogens with zero attached hydrogens (tertiary/aromatic N) is 5. The number of nitrogens with two attached hydrogens (primary N) is 1. The second kappa shape index (κ2) is 6.72. The molecule has 1 aliphatic rings. The summed E-state index contributed by atoms with van der Waals surface area (Å²) in [7, 11) is 0. The van der Waals surface area contributed by atoms with Crippen LogP contribution in [-0.2, 0) is 0 Å². The SMILES string of the molecule is Nc1nnc(C2CCN(c3ncccc3-c3ccc(F)nc3)CC2)s1. The largest absolute Gasteiger partial charge is 0.374 e. The van der Waals surface area contributed by atoms with Crippen molar-refractivity contribution in [3.63, 3.8) is 0 Å². The topological polar surface area (TPSA) is 80.8 Å². The average Bonchev–Trinajstić information content (AvgIpc) is 3.09. The smallest absolute Gasteiger partial charge is 0.212 e. The van der Waals surface area contributed by atoms with Gasteiger partial charge in [-0.05, 0) is 37.1 Å². The van der Waals surface area contributed by atoms with Crippen molar-refractivity contribution in [2.75, 3.05) is 23.7 Å². The van der Waals surface area contributed by atoms with E-state index in [0.717, 1.165) is 47.9 Å². The molecule has 0 saturated carbocycles. The van der Waals surface area contributed by atoms with E-state index in [9.17, 15) is 4.39 Å². The molecule has 0 atom stereocenters. The van der Waals surface area contributed by atoms with Gasteiger partial charge < -0.3 is 10.6 Å². The Morgan fingerprint density at radius 1 is 1.12 bits per heavy atom. The van der Waals surface area contributed by atoms with Crippen molar-refractivity contribution < 1.29 is 4.39 Å². The van der Waals surface area contributed by atoms with Gasteiger partial charge >= 0.3 is 0 Å². The Morgan fingerprint density at radius 2 is 1.96 bits per heavy atom. The Hall–Kier alpha value is -2.61. The van der Waals surface area contributed by atoms with Gasteiger partial charge in [0.1, 0.15) is 10.8 Å². The predicted octanol–water partition coefficient (Wildman–Crippen LogP) is 3.10. The molecule has 25 heavy (non-hydrogen) atoms. The summed E-state index contributed by atoms with van der Waals surface area (Å²) in [6, 6.07) is 6.99. The molecule has 3 aromatic heterocycles. The zero-order chi connectivity index (χ0) is 17.2. The first-order valence-electron chi connectivity index (χ1n) is 8.11. The van der Waals surface area contributed by atoms with E-state index >= 15 is 0 Å². The molecule has 0 unspecified atom stereocenters. The maximum Gasteiger partial charge on any atom is 0.212 e. The highest BCUT2D eigenvalue weighted by molar-refractivity contribution is 7.15. The summed E-state index contributed by atoms with van der Waals surface area (Å²) in [6.45, 7) is 1.76. The van der Waals surface area contributed by atoms with E-state index in [0.29, 0.717) is 11.0 Å². The van der Waals surface area contributed by atoms with E-state index in [1.807, 2.05) is 12.1 Å². The van der Waals surface area contributed by atoms with Crippen LogP contribution < -0.4 is 10.6 Å². The molecule has 0 bridgehead atoms. The fourth-order valence-electron chi connectivity index (χ4n) is 3.16. The van der Waals surface area contributed by atoms with Gasteiger partial charge in [0.25, 0.3) is 0 Å². The van der Waals surface area contributed by atoms with Gasteiger partial charge in [-0.15, -0.1) is 10.2 Å². The Morgan fingerprint density at radius 3 is 2.64 bits per heavy atom. The average molecular weight is 356 g/mol. The van der Waals surface area contributed by atoms with Crippen LogP contribution in [-0.4, -0.2) is 33.3 Å². The Kier molecular flexibility index (Phi) is 4.27. The van der Waals surface area contributed by atoms with E-state index in [4.69, 9.17) is 5.73 Å². The molecule has 1 saturated heterocycles. The lowest BCUT2D eigenvalue weighted by molar-refractivity contribution is 0.498. The van der Waals surface area contributed by atoms with E-state index in [1.54, 1.807) is 18.5 Å². The van der Waals surface area contributed by atoms with E-state index in [-0.39, 0.29) is 0 Å². The summed E-state index contributed by atoms with van der Waals surface area (Å²) in [4.78, 5) is 10.6. The van der Waals surface area contributed by atoms with E-state index < -0.39 is 5.95 Å². The van der Waals surface area contributed by atoms with Gasteiger partial charge in [0, 0.05) is 42.5 Å². The minimum atomic E-state index is -0.480. The lowest BCUT2D eigenvalue weighted by Crippen LogP contribution is -2.33. The van der Waals surface area contributed by atoms with Crippen LogP contribution in [0.15, 0.2) is 36.7 Å². The van der Waals surface area contributed by atoms with Crippen molar-refractivity contribution in [3.05, 3.63) is 47.6 Å². The molecular formula is C17H17FN6S. The van der Waals surface area contributed by atoms with Crippen LogP contribution >= 0.6 is 11.3 Å². The molecule has 4 heterocycles. The molecule has 4 rings (SSSR count). The van der Waals surface area contributed by atoms with Crippen LogP contribution in [0.1, 0.15) is 23.8 Å². The molecule has 0 aromatic carbocycles. The summed E-state index contributed by atoms with van der Waals surface area (Å²) in [6.07, 6.45) is 5.29. The van der Waals surface area contributed by atoms with Crippen molar-refractivity contribution in [1.29, 1.82) is 0 Å². The third-order valence-corrected chi connectivity index (χ3v) is 5.34. The predicted molar refractivity (Wildman–Crippen MR) is 95.9 cm³/mol. The monoisotopic (exact) mass is 356 g/mol. The quantitative estimate of drug-likeness (QED) is 0.726. The highest BCUT2D eigenvalue weighted by Crippen LogP contribution is 2.35. The number of hydrogen-bond donors (Lipinski definition) is 1. The third kappa shape index (κ3) is 3.30. The number of piperidine rings is 1. The minimum Gasteiger partial charge on any atom is -0.374 e. The number of halogens is 1. The first kappa shape index (κ1) is 15.9. The van der Waals surface area contributed by atoms with Gasteiger partial charge in [0.05, 0.1) is 0 Å². The number of anilines is 2. The van der Waals surface area contributed by atoms with Crippen molar-refractivity contribution in [1.82, 2.24) is 20.2 Å². The van der Waals surface area contributed by atoms with Crippen LogP contribution in [0, 0.1) is 5.95 Å². The zero-order valence-electron chi connectivity index (χ0n) is 13.5. The third-order valence-electron chi connectivity index (χ3n) is 4.43. The number of pyridine rings is 2. The maximum absolute atomic E-state index is 13.1. The number of hydrogen-bond acceptors (Lipinski definition) is 7. The molecule has 2 N–H and O–H groups in total. The summed E-state index contributed by atoms with van der Waals surface area (Å²) < 4.78 is 13.1. The van der Waals surface area contributed by atoms with Gasteiger partial charge in [-0.25, -0.2) is 9.97 Å². The highest BCUT2D eigenvalue weighted by atomic mass is 32.1. The Bertz CT molecular complexity index is 858. The summed E-state index contributed by atoms with van der Waals surface area (Å²) in [5.74, 6) is 0.822. The van der Waals surface area contributed by atoms with Crippen LogP contribution in [0.5, 0.6) is 0 Å². The number of nitrogen functional groups attached to an aromatic ring is 1. The molecule has 0 aliphatic carbocycles. The summed E-state index contributed by atoms with van der Waals surface area (Å²) >= 11 is 1.47. The van der Waals surface area contributed by atoms with Crippen LogP contribution in [0.2, 0.25) is 0 Å². The Labute approximate surface area is 148 Å². The van der Waals surface area contributed by atoms with Crippen LogP contribution in [0.4, 0.5) is 15.3 Å². The molecule has 6 nitrogen and oxygen atoms in total. The molecule has 8 heteroatoms. The van der Waals surface area contributed by atoms with Crippen molar-refractivity contribution in [2.24, 2.45) is 0 Å². The fraction of sp³-hybridized carbons (Fsp3) is 0.294. The van der Waals surface area contributed by atoms with E-state index in [2.05, 4.69) is 25.1 Å². The molecule has 1 aliphatic heterocycles. The van der Waals surface area contributed by atoms with Crippen molar-refractivity contribution in [2.45, 2.75) is 18.8 Å². The number of aromatic nitrogens is 4. The Balaban J connectivity index is 1.54. The highest BCUT2D eigenvalue weighted by Gasteiger charge is 2.25. The van der Waals surface area contributed by atoms with Gasteiger partial charge in [0.15, 0.2) is 0 Å². The standard InChI is InChI=1S/C17H17FN6S/c18-14-4-3-12(10-21-14)13-2-1-7-20-15(13)24-8-5-11(6-9-24)16-22-23-17(19)25-16/h1-4,7,10-11H,5-6,8-9H2,(H2,19,23). The van der Waals surface area contributed by atoms with Gasteiger partial charge in [-0.1, -0.05) is 11.3 Å². The second-order valence-corrected chi connectivity index (χ2v) is 7.02. The molecule has 1 fully saturated rings. The summed E-state index contributed by atoms with van der Waals surface area (Å²) in [5.41, 5.74) is 7.52. The first-order chi connectivity index (χ1) is 12.2. The van der Waals surface area contributed by atoms with Crippen molar-refractivity contribution >= 4 is 22.3 Å².